The Hall–Kier alpha value is -4.34. The van der Waals surface area contributed by atoms with Crippen LogP contribution in [0.15, 0.2) is 63.2 Å². The van der Waals surface area contributed by atoms with Crippen molar-refractivity contribution in [3.05, 3.63) is 80.5 Å². The fraction of sp³-hybridized carbons (Fsp3) is 0.250. The summed E-state index contributed by atoms with van der Waals surface area (Å²) < 4.78 is 15.5. The van der Waals surface area contributed by atoms with Crippen LogP contribution in [0, 0.1) is 0 Å². The minimum Gasteiger partial charge on any atom is -0.493 e. The van der Waals surface area contributed by atoms with Crippen LogP contribution in [0.25, 0.3) is 11.2 Å². The summed E-state index contributed by atoms with van der Waals surface area (Å²) in [6, 6.07) is 15.9. The van der Waals surface area contributed by atoms with Gasteiger partial charge in [-0.05, 0) is 23.3 Å². The maximum Gasteiger partial charge on any atom is 0.332 e. The second-order valence-corrected chi connectivity index (χ2v) is 8.15. The highest BCUT2D eigenvalue weighted by atomic mass is 16.5. The second kappa shape index (κ2) is 8.22. The van der Waals surface area contributed by atoms with E-state index in [0.717, 1.165) is 27.8 Å². The molecule has 10 nitrogen and oxygen atoms in total. The molecule has 34 heavy (non-hydrogen) atoms. The summed E-state index contributed by atoms with van der Waals surface area (Å²) in [5, 5.41) is 4.50. The number of aryl methyl sites for hydroxylation is 2. The summed E-state index contributed by atoms with van der Waals surface area (Å²) in [6.45, 7) is 0. The van der Waals surface area contributed by atoms with E-state index in [1.54, 1.807) is 27.3 Å². The normalized spacial score (nSPS) is 15.3. The average Bonchev–Trinajstić information content (AvgIpc) is 3.48. The number of hydrazone groups is 1. The van der Waals surface area contributed by atoms with Gasteiger partial charge in [0.1, 0.15) is 0 Å². The van der Waals surface area contributed by atoms with Crippen molar-refractivity contribution in [3.63, 3.8) is 0 Å². The predicted octanol–water partition coefficient (Wildman–Crippen LogP) is 2.21. The number of benzene rings is 2. The lowest BCUT2D eigenvalue weighted by Crippen LogP contribution is -2.37. The number of methoxy groups -OCH3 is 1. The third kappa shape index (κ3) is 3.43. The highest BCUT2D eigenvalue weighted by Crippen LogP contribution is 2.35. The van der Waals surface area contributed by atoms with Crippen LogP contribution in [0.2, 0.25) is 0 Å². The van der Waals surface area contributed by atoms with Gasteiger partial charge in [0, 0.05) is 27.6 Å². The molecule has 0 spiro atoms. The van der Waals surface area contributed by atoms with Gasteiger partial charge < -0.3 is 14.9 Å². The van der Waals surface area contributed by atoms with Gasteiger partial charge >= 0.3 is 11.7 Å². The maximum absolute atomic E-state index is 12.6. The molecule has 1 N–H and O–H groups in total. The van der Waals surface area contributed by atoms with Gasteiger partial charge in [-0.3, -0.25) is 18.5 Å². The summed E-state index contributed by atoms with van der Waals surface area (Å²) in [5.74, 6) is 0.954. The van der Waals surface area contributed by atoms with Crippen LogP contribution in [-0.4, -0.2) is 31.5 Å². The van der Waals surface area contributed by atoms with E-state index in [2.05, 4.69) is 15.5 Å². The fourth-order valence-corrected chi connectivity index (χ4v) is 4.12. The van der Waals surface area contributed by atoms with Crippen LogP contribution in [0.3, 0.4) is 0 Å². The Morgan fingerprint density at radius 2 is 1.74 bits per heavy atom. The number of imidazole rings is 1. The molecule has 0 bridgehead atoms. The summed E-state index contributed by atoms with van der Waals surface area (Å²) in [5.41, 5.74) is 5.92. The standard InChI is InChI=1S/C24H24N6O4/c1-28-20-21(29(2)24(32)30(3)22(20)31)25-23(28)34-18-11-10-15(12-19(18)33-4)17-13-16(26-27-17)14-8-6-5-7-9-14/h5-12,17,27H,13H2,1-4H3. The molecular weight excluding hydrogens is 436 g/mol. The Labute approximate surface area is 194 Å². The summed E-state index contributed by atoms with van der Waals surface area (Å²) in [6.07, 6.45) is 0.745. The van der Waals surface area contributed by atoms with Crippen molar-refractivity contribution in [1.29, 1.82) is 0 Å². The van der Waals surface area contributed by atoms with Crippen LogP contribution >= 0.6 is 0 Å². The molecule has 1 atom stereocenters. The van der Waals surface area contributed by atoms with Crippen LogP contribution in [0.4, 0.5) is 0 Å². The molecule has 4 aromatic rings. The number of hydrogen-bond acceptors (Lipinski definition) is 7. The minimum absolute atomic E-state index is 0.00597. The van der Waals surface area contributed by atoms with Gasteiger partial charge in [0.15, 0.2) is 22.7 Å². The molecule has 2 aromatic heterocycles. The van der Waals surface area contributed by atoms with E-state index in [4.69, 9.17) is 9.47 Å². The first-order valence-electron chi connectivity index (χ1n) is 10.7. The Balaban J connectivity index is 1.44. The molecule has 0 radical (unpaired) electrons. The zero-order valence-corrected chi connectivity index (χ0v) is 19.3. The molecule has 1 aliphatic rings. The number of nitrogens with zero attached hydrogens (tertiary/aromatic N) is 5. The monoisotopic (exact) mass is 460 g/mol. The molecule has 0 amide bonds. The topological polar surface area (TPSA) is 105 Å². The van der Waals surface area contributed by atoms with Crippen molar-refractivity contribution in [2.24, 2.45) is 26.2 Å². The van der Waals surface area contributed by atoms with Gasteiger partial charge in [0.2, 0.25) is 0 Å². The van der Waals surface area contributed by atoms with E-state index in [-0.39, 0.29) is 23.2 Å². The molecule has 0 aliphatic carbocycles. The number of aromatic nitrogens is 4. The molecule has 174 valence electrons. The number of nitrogens with one attached hydrogen (secondary N) is 1. The summed E-state index contributed by atoms with van der Waals surface area (Å²) in [7, 11) is 6.23. The second-order valence-electron chi connectivity index (χ2n) is 8.15. The van der Waals surface area contributed by atoms with Crippen molar-refractivity contribution < 1.29 is 9.47 Å². The molecule has 0 saturated heterocycles. The van der Waals surface area contributed by atoms with Crippen molar-refractivity contribution in [3.8, 4) is 17.5 Å². The highest BCUT2D eigenvalue weighted by Gasteiger charge is 2.24. The first-order chi connectivity index (χ1) is 16.4. The largest absolute Gasteiger partial charge is 0.493 e. The summed E-state index contributed by atoms with van der Waals surface area (Å²) in [4.78, 5) is 29.3. The van der Waals surface area contributed by atoms with E-state index in [9.17, 15) is 9.59 Å². The molecule has 2 aromatic carbocycles. The SMILES string of the molecule is COc1cc(C2CC(c3ccccc3)=NN2)ccc1Oc1nc2c(c(=O)n(C)c(=O)n2C)n1C. The van der Waals surface area contributed by atoms with Gasteiger partial charge in [-0.1, -0.05) is 36.4 Å². The van der Waals surface area contributed by atoms with Crippen molar-refractivity contribution >= 4 is 16.9 Å². The lowest BCUT2D eigenvalue weighted by molar-refractivity contribution is 0.362. The van der Waals surface area contributed by atoms with Crippen molar-refractivity contribution in [2.45, 2.75) is 12.5 Å². The van der Waals surface area contributed by atoms with E-state index in [1.165, 1.54) is 16.2 Å². The lowest BCUT2D eigenvalue weighted by Gasteiger charge is -2.15. The molecule has 5 rings (SSSR count). The maximum atomic E-state index is 12.6. The van der Waals surface area contributed by atoms with E-state index < -0.39 is 11.2 Å². The Morgan fingerprint density at radius 1 is 0.971 bits per heavy atom. The molecule has 0 saturated carbocycles. The van der Waals surface area contributed by atoms with Gasteiger partial charge in [-0.2, -0.15) is 10.1 Å². The molecule has 0 fully saturated rings. The fourth-order valence-electron chi connectivity index (χ4n) is 4.12. The van der Waals surface area contributed by atoms with E-state index >= 15 is 0 Å². The van der Waals surface area contributed by atoms with Crippen LogP contribution in [-0.2, 0) is 21.1 Å². The Kier molecular flexibility index (Phi) is 5.20. The van der Waals surface area contributed by atoms with Gasteiger partial charge in [0.05, 0.1) is 18.9 Å². The first kappa shape index (κ1) is 21.5. The third-order valence-corrected chi connectivity index (χ3v) is 6.09. The smallest absolute Gasteiger partial charge is 0.332 e. The molecule has 10 heteroatoms. The van der Waals surface area contributed by atoms with Crippen molar-refractivity contribution in [1.82, 2.24) is 24.1 Å². The predicted molar refractivity (Wildman–Crippen MR) is 128 cm³/mol. The van der Waals surface area contributed by atoms with Gasteiger partial charge in [-0.15, -0.1) is 0 Å². The van der Waals surface area contributed by atoms with Gasteiger partial charge in [-0.25, -0.2) is 4.79 Å². The van der Waals surface area contributed by atoms with E-state index in [0.29, 0.717) is 11.5 Å². The van der Waals surface area contributed by atoms with Crippen LogP contribution in [0.1, 0.15) is 23.6 Å². The number of ether oxygens (including phenoxy) is 2. The number of fused-ring (bicyclic) bond motifs is 1. The zero-order chi connectivity index (χ0) is 24.0. The minimum atomic E-state index is -0.453. The van der Waals surface area contributed by atoms with E-state index in [1.807, 2.05) is 42.5 Å². The number of rotatable bonds is 5. The first-order valence-corrected chi connectivity index (χ1v) is 10.7. The molecule has 1 unspecified atom stereocenters. The number of hydrogen-bond donors (Lipinski definition) is 1. The molecule has 3 heterocycles. The average molecular weight is 460 g/mol. The Morgan fingerprint density at radius 3 is 2.47 bits per heavy atom. The van der Waals surface area contributed by atoms with Crippen LogP contribution in [0.5, 0.6) is 17.5 Å². The molecular formula is C24H24N6O4. The van der Waals surface area contributed by atoms with Crippen molar-refractivity contribution in [2.75, 3.05) is 7.11 Å². The molecule has 1 aliphatic heterocycles. The summed E-state index contributed by atoms with van der Waals surface area (Å²) >= 11 is 0. The highest BCUT2D eigenvalue weighted by molar-refractivity contribution is 6.01. The quantitative estimate of drug-likeness (QED) is 0.490. The third-order valence-electron chi connectivity index (χ3n) is 6.09. The Bertz CT molecular complexity index is 1550. The van der Waals surface area contributed by atoms with Crippen LogP contribution < -0.4 is 26.1 Å². The van der Waals surface area contributed by atoms with Gasteiger partial charge in [0.25, 0.3) is 5.56 Å². The zero-order valence-electron chi connectivity index (χ0n) is 19.3. The lowest BCUT2D eigenvalue weighted by atomic mass is 9.99.